The highest BCUT2D eigenvalue weighted by Crippen LogP contribution is 2.11. The van der Waals surface area contributed by atoms with E-state index in [0.29, 0.717) is 6.04 Å². The van der Waals surface area contributed by atoms with E-state index in [4.69, 9.17) is 0 Å². The first kappa shape index (κ1) is 13.0. The zero-order chi connectivity index (χ0) is 12.0. The molecule has 0 spiro atoms. The largest absolute Gasteiger partial charge is 0.309 e. The summed E-state index contributed by atoms with van der Waals surface area (Å²) < 4.78 is 0. The highest BCUT2D eigenvalue weighted by Gasteiger charge is 2.04. The van der Waals surface area contributed by atoms with Gasteiger partial charge in [-0.05, 0) is 18.7 Å². The number of nitro benzene ring substituents is 1. The molecular formula is C11H16N2O2S. The first-order valence-corrected chi connectivity index (χ1v) is 6.48. The van der Waals surface area contributed by atoms with Crippen molar-refractivity contribution in [3.8, 4) is 0 Å². The fourth-order valence-corrected chi connectivity index (χ4v) is 1.95. The molecule has 0 saturated carbocycles. The first-order valence-electron chi connectivity index (χ1n) is 5.09. The average molecular weight is 240 g/mol. The molecule has 5 heteroatoms. The SMILES string of the molecule is CSCC(C)NCc1ccc([N+](=O)[O-])cc1. The Hall–Kier alpha value is -1.07. The average Bonchev–Trinajstić information content (AvgIpc) is 2.27. The van der Waals surface area contributed by atoms with Gasteiger partial charge in [-0.3, -0.25) is 10.1 Å². The maximum absolute atomic E-state index is 10.5. The molecule has 0 fully saturated rings. The van der Waals surface area contributed by atoms with Crippen molar-refractivity contribution in [1.82, 2.24) is 5.32 Å². The number of non-ortho nitro benzene ring substituents is 1. The van der Waals surface area contributed by atoms with Crippen LogP contribution in [0.4, 0.5) is 5.69 Å². The molecule has 0 radical (unpaired) electrons. The van der Waals surface area contributed by atoms with Crippen molar-refractivity contribution in [1.29, 1.82) is 0 Å². The van der Waals surface area contributed by atoms with Crippen molar-refractivity contribution in [2.75, 3.05) is 12.0 Å². The molecule has 1 N–H and O–H groups in total. The zero-order valence-electron chi connectivity index (χ0n) is 9.47. The van der Waals surface area contributed by atoms with Crippen LogP contribution in [0.1, 0.15) is 12.5 Å². The van der Waals surface area contributed by atoms with E-state index in [9.17, 15) is 10.1 Å². The number of benzene rings is 1. The molecule has 1 atom stereocenters. The molecule has 0 aliphatic heterocycles. The molecule has 1 aromatic rings. The van der Waals surface area contributed by atoms with E-state index >= 15 is 0 Å². The molecule has 1 aromatic carbocycles. The van der Waals surface area contributed by atoms with Gasteiger partial charge in [-0.15, -0.1) is 0 Å². The first-order chi connectivity index (χ1) is 7.63. The van der Waals surface area contributed by atoms with Crippen LogP contribution in [0, 0.1) is 10.1 Å². The van der Waals surface area contributed by atoms with Crippen LogP contribution in [0.2, 0.25) is 0 Å². The minimum Gasteiger partial charge on any atom is -0.309 e. The number of nitro groups is 1. The van der Waals surface area contributed by atoms with Crippen LogP contribution in [0.3, 0.4) is 0 Å². The molecule has 0 heterocycles. The minimum absolute atomic E-state index is 0.140. The molecule has 16 heavy (non-hydrogen) atoms. The van der Waals surface area contributed by atoms with E-state index in [1.54, 1.807) is 23.9 Å². The third kappa shape index (κ3) is 4.20. The molecule has 0 amide bonds. The lowest BCUT2D eigenvalue weighted by Crippen LogP contribution is -2.27. The van der Waals surface area contributed by atoms with Crippen LogP contribution in [0.25, 0.3) is 0 Å². The summed E-state index contributed by atoms with van der Waals surface area (Å²) in [5.41, 5.74) is 1.21. The fourth-order valence-electron chi connectivity index (χ4n) is 1.34. The smallest absolute Gasteiger partial charge is 0.269 e. The van der Waals surface area contributed by atoms with Gasteiger partial charge >= 0.3 is 0 Å². The van der Waals surface area contributed by atoms with Gasteiger partial charge < -0.3 is 5.32 Å². The third-order valence-corrected chi connectivity index (χ3v) is 3.05. The van der Waals surface area contributed by atoms with E-state index in [-0.39, 0.29) is 10.6 Å². The molecular weight excluding hydrogens is 224 g/mol. The minimum atomic E-state index is -0.381. The van der Waals surface area contributed by atoms with Gasteiger partial charge in [0.1, 0.15) is 0 Å². The van der Waals surface area contributed by atoms with Gasteiger partial charge in [-0.25, -0.2) is 0 Å². The van der Waals surface area contributed by atoms with E-state index < -0.39 is 0 Å². The van der Waals surface area contributed by atoms with Gasteiger partial charge in [0.05, 0.1) is 4.92 Å². The Labute approximate surface area is 99.6 Å². The summed E-state index contributed by atoms with van der Waals surface area (Å²) >= 11 is 1.80. The second-order valence-corrected chi connectivity index (χ2v) is 4.57. The summed E-state index contributed by atoms with van der Waals surface area (Å²) in [5, 5.41) is 13.8. The summed E-state index contributed by atoms with van der Waals surface area (Å²) in [6.07, 6.45) is 2.07. The second-order valence-electron chi connectivity index (χ2n) is 3.66. The van der Waals surface area contributed by atoms with Gasteiger partial charge in [-0.2, -0.15) is 11.8 Å². The summed E-state index contributed by atoms with van der Waals surface area (Å²) in [7, 11) is 0. The Morgan fingerprint density at radius 1 is 1.44 bits per heavy atom. The molecule has 1 rings (SSSR count). The molecule has 0 bridgehead atoms. The maximum Gasteiger partial charge on any atom is 0.269 e. The number of hydrogen-bond donors (Lipinski definition) is 1. The fraction of sp³-hybridized carbons (Fsp3) is 0.455. The van der Waals surface area contributed by atoms with Crippen LogP contribution < -0.4 is 5.32 Å². The van der Waals surface area contributed by atoms with Gasteiger partial charge in [-0.1, -0.05) is 12.1 Å². The lowest BCUT2D eigenvalue weighted by Gasteiger charge is -2.11. The Morgan fingerprint density at radius 3 is 2.56 bits per heavy atom. The Balaban J connectivity index is 2.46. The number of rotatable bonds is 6. The monoisotopic (exact) mass is 240 g/mol. The number of nitrogens with one attached hydrogen (secondary N) is 1. The Bertz CT molecular complexity index is 340. The molecule has 0 saturated heterocycles. The highest BCUT2D eigenvalue weighted by molar-refractivity contribution is 7.98. The van der Waals surface area contributed by atoms with E-state index in [1.807, 2.05) is 0 Å². The zero-order valence-corrected chi connectivity index (χ0v) is 10.3. The topological polar surface area (TPSA) is 55.2 Å². The van der Waals surface area contributed by atoms with Crippen molar-refractivity contribution in [3.63, 3.8) is 0 Å². The van der Waals surface area contributed by atoms with Crippen LogP contribution >= 0.6 is 11.8 Å². The van der Waals surface area contributed by atoms with Crippen LogP contribution in [-0.4, -0.2) is 23.0 Å². The maximum atomic E-state index is 10.5. The molecule has 1 unspecified atom stereocenters. The number of thioether (sulfide) groups is 1. The van der Waals surface area contributed by atoms with Crippen molar-refractivity contribution < 1.29 is 4.92 Å². The summed E-state index contributed by atoms with van der Waals surface area (Å²) in [4.78, 5) is 10.1. The van der Waals surface area contributed by atoms with Crippen LogP contribution in [0.15, 0.2) is 24.3 Å². The van der Waals surface area contributed by atoms with Gasteiger partial charge in [0, 0.05) is 30.5 Å². The molecule has 0 aliphatic rings. The van der Waals surface area contributed by atoms with Gasteiger partial charge in [0.2, 0.25) is 0 Å². The normalized spacial score (nSPS) is 12.4. The van der Waals surface area contributed by atoms with Gasteiger partial charge in [0.15, 0.2) is 0 Å². The number of hydrogen-bond acceptors (Lipinski definition) is 4. The summed E-state index contributed by atoms with van der Waals surface area (Å²) in [6, 6.07) is 7.10. The molecule has 4 nitrogen and oxygen atoms in total. The predicted octanol–water partition coefficient (Wildman–Crippen LogP) is 2.44. The van der Waals surface area contributed by atoms with Crippen LogP contribution in [0.5, 0.6) is 0 Å². The Morgan fingerprint density at radius 2 is 2.06 bits per heavy atom. The third-order valence-electron chi connectivity index (χ3n) is 2.22. The van der Waals surface area contributed by atoms with Crippen molar-refractivity contribution >= 4 is 17.4 Å². The van der Waals surface area contributed by atoms with E-state index in [1.165, 1.54) is 12.1 Å². The summed E-state index contributed by atoms with van der Waals surface area (Å²) in [5.74, 6) is 1.06. The predicted molar refractivity (Wildman–Crippen MR) is 67.8 cm³/mol. The lowest BCUT2D eigenvalue weighted by atomic mass is 10.2. The standard InChI is InChI=1S/C11H16N2O2S/c1-9(8-16-2)12-7-10-3-5-11(6-4-10)13(14)15/h3-6,9,12H,7-8H2,1-2H3. The number of nitrogens with zero attached hydrogens (tertiary/aromatic N) is 1. The Kier molecular flexibility index (Phi) is 5.28. The molecule has 0 aromatic heterocycles. The van der Waals surface area contributed by atoms with Crippen LogP contribution in [-0.2, 0) is 6.54 Å². The quantitative estimate of drug-likeness (QED) is 0.613. The highest BCUT2D eigenvalue weighted by atomic mass is 32.2. The van der Waals surface area contributed by atoms with Crippen molar-refractivity contribution in [2.45, 2.75) is 19.5 Å². The molecule has 0 aliphatic carbocycles. The summed E-state index contributed by atoms with van der Waals surface area (Å²) in [6.45, 7) is 2.88. The lowest BCUT2D eigenvalue weighted by molar-refractivity contribution is -0.384. The second kappa shape index (κ2) is 6.50. The van der Waals surface area contributed by atoms with E-state index in [2.05, 4.69) is 18.5 Å². The van der Waals surface area contributed by atoms with Crippen molar-refractivity contribution in [3.05, 3.63) is 39.9 Å². The van der Waals surface area contributed by atoms with Crippen molar-refractivity contribution in [2.24, 2.45) is 0 Å². The molecule has 88 valence electrons. The van der Waals surface area contributed by atoms with E-state index in [0.717, 1.165) is 17.9 Å². The van der Waals surface area contributed by atoms with Gasteiger partial charge in [0.25, 0.3) is 5.69 Å².